The van der Waals surface area contributed by atoms with Gasteiger partial charge < -0.3 is 25.8 Å². The molecular weight excluding hydrogens is 364 g/mol. The number of fused-ring (bicyclic) bond motifs is 1. The molecule has 0 bridgehead atoms. The maximum atomic E-state index is 11.0. The highest BCUT2D eigenvalue weighted by Gasteiger charge is 2.13. The second kappa shape index (κ2) is 8.25. The molecule has 0 saturated carbocycles. The molecule has 0 amide bonds. The highest BCUT2D eigenvalue weighted by Crippen LogP contribution is 2.33. The first kappa shape index (κ1) is 19.0. The summed E-state index contributed by atoms with van der Waals surface area (Å²) in [5.41, 5.74) is 7.13. The SMILES string of the molecule is COc1cc2nc(NCCNc3ccccc3[N+](=O)[O-])nc(N)c2cc1OC. The van der Waals surface area contributed by atoms with Gasteiger partial charge in [0.1, 0.15) is 11.5 Å². The largest absolute Gasteiger partial charge is 0.493 e. The van der Waals surface area contributed by atoms with Crippen molar-refractivity contribution < 1.29 is 14.4 Å². The fourth-order valence-corrected chi connectivity index (χ4v) is 2.71. The number of hydrogen-bond acceptors (Lipinski definition) is 9. The van der Waals surface area contributed by atoms with Crippen LogP contribution in [0, 0.1) is 10.1 Å². The smallest absolute Gasteiger partial charge is 0.292 e. The van der Waals surface area contributed by atoms with Crippen LogP contribution in [0.2, 0.25) is 0 Å². The molecule has 0 aliphatic carbocycles. The Bertz CT molecular complexity index is 1010. The van der Waals surface area contributed by atoms with Gasteiger partial charge in [0.2, 0.25) is 5.95 Å². The number of nitro groups is 1. The minimum atomic E-state index is -0.426. The first-order valence-electron chi connectivity index (χ1n) is 8.44. The van der Waals surface area contributed by atoms with Crippen molar-refractivity contribution in [2.24, 2.45) is 0 Å². The van der Waals surface area contributed by atoms with Crippen LogP contribution in [0.25, 0.3) is 10.9 Å². The average molecular weight is 384 g/mol. The number of nitrogen functional groups attached to an aromatic ring is 1. The summed E-state index contributed by atoms with van der Waals surface area (Å²) in [6.45, 7) is 0.863. The first-order chi connectivity index (χ1) is 13.5. The van der Waals surface area contributed by atoms with E-state index in [-0.39, 0.29) is 5.69 Å². The van der Waals surface area contributed by atoms with Gasteiger partial charge in [-0.3, -0.25) is 10.1 Å². The molecule has 10 heteroatoms. The Morgan fingerprint density at radius 2 is 1.75 bits per heavy atom. The van der Waals surface area contributed by atoms with Crippen LogP contribution in [-0.2, 0) is 0 Å². The number of aromatic nitrogens is 2. The summed E-state index contributed by atoms with van der Waals surface area (Å²) in [6.07, 6.45) is 0. The number of nitrogens with one attached hydrogen (secondary N) is 2. The number of rotatable bonds is 8. The zero-order chi connectivity index (χ0) is 20.1. The van der Waals surface area contributed by atoms with Gasteiger partial charge in [0.05, 0.1) is 24.7 Å². The quantitative estimate of drug-likeness (QED) is 0.304. The van der Waals surface area contributed by atoms with Gasteiger partial charge in [-0.2, -0.15) is 4.98 Å². The zero-order valence-electron chi connectivity index (χ0n) is 15.4. The predicted octanol–water partition coefficient (Wildman–Crippen LogP) is 2.66. The fourth-order valence-electron chi connectivity index (χ4n) is 2.71. The van der Waals surface area contributed by atoms with Crippen LogP contribution in [0.5, 0.6) is 11.5 Å². The molecule has 0 aliphatic rings. The third kappa shape index (κ3) is 3.95. The molecule has 1 heterocycles. The average Bonchev–Trinajstić information content (AvgIpc) is 2.70. The number of nitrogens with zero attached hydrogens (tertiary/aromatic N) is 3. The van der Waals surface area contributed by atoms with Crippen LogP contribution in [0.15, 0.2) is 36.4 Å². The van der Waals surface area contributed by atoms with Crippen molar-refractivity contribution >= 4 is 34.0 Å². The molecule has 2 aromatic carbocycles. The maximum absolute atomic E-state index is 11.0. The predicted molar refractivity (Wildman–Crippen MR) is 107 cm³/mol. The summed E-state index contributed by atoms with van der Waals surface area (Å²) < 4.78 is 10.6. The lowest BCUT2D eigenvalue weighted by Gasteiger charge is -2.12. The third-order valence-electron chi connectivity index (χ3n) is 4.05. The van der Waals surface area contributed by atoms with Gasteiger partial charge in [-0.1, -0.05) is 12.1 Å². The Labute approximate surface area is 160 Å². The van der Waals surface area contributed by atoms with E-state index in [0.29, 0.717) is 52.9 Å². The Hall–Kier alpha value is -3.82. The lowest BCUT2D eigenvalue weighted by Crippen LogP contribution is -2.16. The van der Waals surface area contributed by atoms with Crippen molar-refractivity contribution in [2.75, 3.05) is 43.7 Å². The van der Waals surface area contributed by atoms with Crippen molar-refractivity contribution in [3.8, 4) is 11.5 Å². The molecule has 0 spiro atoms. The number of ether oxygens (including phenoxy) is 2. The molecular formula is C18H20N6O4. The Balaban J connectivity index is 1.70. The number of nitrogens with two attached hydrogens (primary N) is 1. The van der Waals surface area contributed by atoms with Gasteiger partial charge >= 0.3 is 0 Å². The molecule has 0 radical (unpaired) electrons. The normalized spacial score (nSPS) is 10.5. The first-order valence-corrected chi connectivity index (χ1v) is 8.44. The van der Waals surface area contributed by atoms with Crippen LogP contribution in [-0.4, -0.2) is 42.2 Å². The van der Waals surface area contributed by atoms with Crippen molar-refractivity contribution in [1.29, 1.82) is 0 Å². The van der Waals surface area contributed by atoms with Crippen molar-refractivity contribution in [3.63, 3.8) is 0 Å². The van der Waals surface area contributed by atoms with E-state index < -0.39 is 4.92 Å². The van der Waals surface area contributed by atoms with Crippen LogP contribution < -0.4 is 25.8 Å². The highest BCUT2D eigenvalue weighted by atomic mass is 16.6. The maximum Gasteiger partial charge on any atom is 0.292 e. The summed E-state index contributed by atoms with van der Waals surface area (Å²) in [6, 6.07) is 9.91. The number of anilines is 3. The van der Waals surface area contributed by atoms with Gasteiger partial charge in [-0.25, -0.2) is 4.98 Å². The zero-order valence-corrected chi connectivity index (χ0v) is 15.4. The minimum absolute atomic E-state index is 0.0229. The van der Waals surface area contributed by atoms with Crippen LogP contribution >= 0.6 is 0 Å². The molecule has 0 unspecified atom stereocenters. The van der Waals surface area contributed by atoms with Gasteiger partial charge in [-0.15, -0.1) is 0 Å². The van der Waals surface area contributed by atoms with E-state index >= 15 is 0 Å². The number of methoxy groups -OCH3 is 2. The van der Waals surface area contributed by atoms with Crippen molar-refractivity contribution in [1.82, 2.24) is 9.97 Å². The van der Waals surface area contributed by atoms with Crippen molar-refractivity contribution in [2.45, 2.75) is 0 Å². The second-order valence-corrected chi connectivity index (χ2v) is 5.78. The third-order valence-corrected chi connectivity index (χ3v) is 4.05. The molecule has 4 N–H and O–H groups in total. The summed E-state index contributed by atoms with van der Waals surface area (Å²) in [5.74, 6) is 1.73. The Morgan fingerprint density at radius 1 is 1.07 bits per heavy atom. The van der Waals surface area contributed by atoms with Crippen LogP contribution in [0.4, 0.5) is 23.1 Å². The van der Waals surface area contributed by atoms with Crippen LogP contribution in [0.3, 0.4) is 0 Å². The molecule has 146 valence electrons. The standard InChI is InChI=1S/C18H20N6O4/c1-27-15-9-11-13(10-16(15)28-2)22-18(23-17(11)19)21-8-7-20-12-5-3-4-6-14(12)24(25)26/h3-6,9-10,20H,7-8H2,1-2H3,(H3,19,21,22,23). The number of benzene rings is 2. The lowest BCUT2D eigenvalue weighted by molar-refractivity contribution is -0.384. The Kier molecular flexibility index (Phi) is 5.58. The molecule has 1 aromatic heterocycles. The summed E-state index contributed by atoms with van der Waals surface area (Å²) in [4.78, 5) is 19.3. The number of nitro benzene ring substituents is 1. The van der Waals surface area contributed by atoms with E-state index in [0.717, 1.165) is 0 Å². The molecule has 28 heavy (non-hydrogen) atoms. The number of hydrogen-bond donors (Lipinski definition) is 3. The van der Waals surface area contributed by atoms with Gasteiger partial charge in [0, 0.05) is 30.6 Å². The van der Waals surface area contributed by atoms with E-state index in [1.807, 2.05) is 0 Å². The van der Waals surface area contributed by atoms with Gasteiger partial charge in [0.15, 0.2) is 11.5 Å². The highest BCUT2D eigenvalue weighted by molar-refractivity contribution is 5.91. The van der Waals surface area contributed by atoms with Crippen LogP contribution in [0.1, 0.15) is 0 Å². The summed E-state index contributed by atoms with van der Waals surface area (Å²) in [7, 11) is 3.09. The van der Waals surface area contributed by atoms with Gasteiger partial charge in [-0.05, 0) is 12.1 Å². The van der Waals surface area contributed by atoms with Crippen molar-refractivity contribution in [3.05, 3.63) is 46.5 Å². The molecule has 3 rings (SSSR count). The van der Waals surface area contributed by atoms with E-state index in [1.54, 1.807) is 44.6 Å². The molecule has 0 fully saturated rings. The molecule has 10 nitrogen and oxygen atoms in total. The molecule has 0 atom stereocenters. The molecule has 0 aliphatic heterocycles. The second-order valence-electron chi connectivity index (χ2n) is 5.78. The Morgan fingerprint density at radius 3 is 2.46 bits per heavy atom. The number of para-hydroxylation sites is 2. The fraction of sp³-hybridized carbons (Fsp3) is 0.222. The monoisotopic (exact) mass is 384 g/mol. The topological polar surface area (TPSA) is 137 Å². The van der Waals surface area contributed by atoms with Gasteiger partial charge in [0.25, 0.3) is 5.69 Å². The lowest BCUT2D eigenvalue weighted by atomic mass is 10.2. The summed E-state index contributed by atoms with van der Waals surface area (Å²) in [5, 5.41) is 17.8. The minimum Gasteiger partial charge on any atom is -0.493 e. The van der Waals surface area contributed by atoms with E-state index in [9.17, 15) is 10.1 Å². The summed E-state index contributed by atoms with van der Waals surface area (Å²) >= 11 is 0. The molecule has 0 saturated heterocycles. The van der Waals surface area contributed by atoms with E-state index in [2.05, 4.69) is 20.6 Å². The van der Waals surface area contributed by atoms with E-state index in [4.69, 9.17) is 15.2 Å². The molecule has 3 aromatic rings. The van der Waals surface area contributed by atoms with E-state index in [1.165, 1.54) is 6.07 Å².